The summed E-state index contributed by atoms with van der Waals surface area (Å²) in [4.78, 5) is 19.0. The van der Waals surface area contributed by atoms with Crippen LogP contribution in [-0.2, 0) is 9.53 Å². The van der Waals surface area contributed by atoms with Gasteiger partial charge in [0.05, 0.1) is 26.4 Å². The van der Waals surface area contributed by atoms with E-state index in [1.165, 1.54) is 5.69 Å². The Kier molecular flexibility index (Phi) is 6.85. The van der Waals surface area contributed by atoms with Gasteiger partial charge in [-0.15, -0.1) is 0 Å². The topological polar surface area (TPSA) is 68.3 Å². The van der Waals surface area contributed by atoms with Gasteiger partial charge in [0.15, 0.2) is 0 Å². The number of rotatable bonds is 6. The number of aliphatic hydroxyl groups is 1. The Morgan fingerprint density at radius 2 is 1.77 bits per heavy atom. The monoisotopic (exact) mass is 362 g/mol. The molecule has 3 rings (SSSR count). The minimum absolute atomic E-state index is 0.0211. The van der Waals surface area contributed by atoms with Crippen molar-refractivity contribution in [3.63, 3.8) is 0 Å². The third-order valence-electron chi connectivity index (χ3n) is 5.19. The van der Waals surface area contributed by atoms with Crippen LogP contribution < -0.4 is 10.2 Å². The second-order valence-electron chi connectivity index (χ2n) is 7.04. The largest absolute Gasteiger partial charge is 0.395 e. The van der Waals surface area contributed by atoms with E-state index in [0.29, 0.717) is 6.54 Å². The molecule has 7 nitrogen and oxygen atoms in total. The highest BCUT2D eigenvalue weighted by atomic mass is 16.5. The van der Waals surface area contributed by atoms with Crippen LogP contribution in [0.25, 0.3) is 0 Å². The van der Waals surface area contributed by atoms with Crippen LogP contribution in [-0.4, -0.2) is 92.5 Å². The molecular formula is C19H30N4O3. The molecule has 144 valence electrons. The quantitative estimate of drug-likeness (QED) is 0.766. The van der Waals surface area contributed by atoms with Crippen LogP contribution >= 0.6 is 0 Å². The number of amides is 1. The third-order valence-corrected chi connectivity index (χ3v) is 5.19. The molecule has 2 saturated heterocycles. The highest BCUT2D eigenvalue weighted by Crippen LogP contribution is 2.19. The first-order valence-electron chi connectivity index (χ1n) is 9.45. The lowest BCUT2D eigenvalue weighted by molar-refractivity contribution is -0.117. The Labute approximate surface area is 155 Å². The summed E-state index contributed by atoms with van der Waals surface area (Å²) in [5, 5.41) is 12.2. The van der Waals surface area contributed by atoms with Crippen LogP contribution in [0.4, 0.5) is 11.4 Å². The Hall–Kier alpha value is -1.67. The number of ether oxygens (including phenoxy) is 1. The maximum Gasteiger partial charge on any atom is 0.238 e. The number of piperazine rings is 1. The standard InChI is InChI=1S/C19H30N4O3/c1-16(15-24)22-8-6-21(7-9-22)14-19(25)20-17-2-4-18(5-3-17)23-10-12-26-13-11-23/h2-5,16,24H,6-15H2,1H3,(H,20,25)/t16-/m0/s1. The normalized spacial score (nSPS) is 20.8. The third kappa shape index (κ3) is 5.17. The molecule has 2 fully saturated rings. The minimum Gasteiger partial charge on any atom is -0.395 e. The summed E-state index contributed by atoms with van der Waals surface area (Å²) in [6.07, 6.45) is 0. The summed E-state index contributed by atoms with van der Waals surface area (Å²) in [5.74, 6) is 0.0211. The van der Waals surface area contributed by atoms with Gasteiger partial charge in [-0.1, -0.05) is 0 Å². The summed E-state index contributed by atoms with van der Waals surface area (Å²) in [7, 11) is 0. The number of hydrogen-bond donors (Lipinski definition) is 2. The van der Waals surface area contributed by atoms with Crippen molar-refractivity contribution >= 4 is 17.3 Å². The lowest BCUT2D eigenvalue weighted by Crippen LogP contribution is -2.51. The Morgan fingerprint density at radius 1 is 1.12 bits per heavy atom. The van der Waals surface area contributed by atoms with Crippen LogP contribution in [0.15, 0.2) is 24.3 Å². The first-order chi connectivity index (χ1) is 12.7. The Balaban J connectivity index is 1.43. The number of carbonyl (C=O) groups is 1. The molecular weight excluding hydrogens is 332 g/mol. The van der Waals surface area contributed by atoms with Crippen molar-refractivity contribution in [1.82, 2.24) is 9.80 Å². The first-order valence-corrected chi connectivity index (χ1v) is 9.45. The van der Waals surface area contributed by atoms with Crippen molar-refractivity contribution < 1.29 is 14.6 Å². The summed E-state index contributed by atoms with van der Waals surface area (Å²) >= 11 is 0. The van der Waals surface area contributed by atoms with Crippen LogP contribution in [0, 0.1) is 0 Å². The predicted octanol–water partition coefficient (Wildman–Crippen LogP) is 0.460. The molecule has 0 saturated carbocycles. The van der Waals surface area contributed by atoms with Gasteiger partial charge in [-0.05, 0) is 31.2 Å². The van der Waals surface area contributed by atoms with E-state index >= 15 is 0 Å². The van der Waals surface area contributed by atoms with Gasteiger partial charge < -0.3 is 20.1 Å². The van der Waals surface area contributed by atoms with E-state index in [9.17, 15) is 9.90 Å². The number of carbonyl (C=O) groups excluding carboxylic acids is 1. The van der Waals surface area contributed by atoms with Crippen molar-refractivity contribution in [2.24, 2.45) is 0 Å². The minimum atomic E-state index is 0.0211. The molecule has 2 heterocycles. The van der Waals surface area contributed by atoms with E-state index in [0.717, 1.165) is 58.2 Å². The average Bonchev–Trinajstić information content (AvgIpc) is 2.69. The van der Waals surface area contributed by atoms with Crippen molar-refractivity contribution in [2.45, 2.75) is 13.0 Å². The number of aliphatic hydroxyl groups excluding tert-OH is 1. The molecule has 2 aliphatic heterocycles. The molecule has 0 aromatic heterocycles. The smallest absolute Gasteiger partial charge is 0.238 e. The molecule has 2 N–H and O–H groups in total. The summed E-state index contributed by atoms with van der Waals surface area (Å²) in [6.45, 7) is 9.47. The average molecular weight is 362 g/mol. The molecule has 1 aromatic rings. The number of morpholine rings is 1. The molecule has 1 atom stereocenters. The van der Waals surface area contributed by atoms with Crippen molar-refractivity contribution in [2.75, 3.05) is 75.9 Å². The molecule has 0 bridgehead atoms. The molecule has 26 heavy (non-hydrogen) atoms. The van der Waals surface area contributed by atoms with Gasteiger partial charge in [-0.3, -0.25) is 14.6 Å². The van der Waals surface area contributed by atoms with Gasteiger partial charge in [-0.2, -0.15) is 0 Å². The summed E-state index contributed by atoms with van der Waals surface area (Å²) in [6, 6.07) is 8.22. The molecule has 2 aliphatic rings. The second kappa shape index (κ2) is 9.32. The molecule has 0 unspecified atom stereocenters. The lowest BCUT2D eigenvalue weighted by Gasteiger charge is -2.37. The van der Waals surface area contributed by atoms with Gasteiger partial charge in [0.25, 0.3) is 0 Å². The fourth-order valence-electron chi connectivity index (χ4n) is 3.46. The van der Waals surface area contributed by atoms with E-state index in [2.05, 4.69) is 32.1 Å². The summed E-state index contributed by atoms with van der Waals surface area (Å²) < 4.78 is 5.38. The molecule has 0 spiro atoms. The number of anilines is 2. The Bertz CT molecular complexity index is 567. The first kappa shape index (κ1) is 19.1. The van der Waals surface area contributed by atoms with Crippen molar-refractivity contribution in [3.05, 3.63) is 24.3 Å². The van der Waals surface area contributed by atoms with Crippen molar-refractivity contribution in [3.8, 4) is 0 Å². The number of hydrogen-bond acceptors (Lipinski definition) is 6. The molecule has 0 radical (unpaired) electrons. The van der Waals surface area contributed by atoms with E-state index in [1.54, 1.807) is 0 Å². The molecule has 7 heteroatoms. The maximum absolute atomic E-state index is 12.3. The van der Waals surface area contributed by atoms with E-state index in [4.69, 9.17) is 4.74 Å². The Morgan fingerprint density at radius 3 is 2.38 bits per heavy atom. The van der Waals surface area contributed by atoms with Gasteiger partial charge >= 0.3 is 0 Å². The SMILES string of the molecule is C[C@@H](CO)N1CCN(CC(=O)Nc2ccc(N3CCOCC3)cc2)CC1. The second-order valence-corrected chi connectivity index (χ2v) is 7.04. The summed E-state index contributed by atoms with van der Waals surface area (Å²) in [5.41, 5.74) is 2.00. The van der Waals surface area contributed by atoms with Crippen LogP contribution in [0.2, 0.25) is 0 Å². The highest BCUT2D eigenvalue weighted by molar-refractivity contribution is 5.92. The predicted molar refractivity (Wildman–Crippen MR) is 103 cm³/mol. The van der Waals surface area contributed by atoms with Crippen molar-refractivity contribution in [1.29, 1.82) is 0 Å². The molecule has 1 amide bonds. The number of nitrogens with zero attached hydrogens (tertiary/aromatic N) is 3. The highest BCUT2D eigenvalue weighted by Gasteiger charge is 2.22. The molecule has 1 aromatic carbocycles. The van der Waals surface area contributed by atoms with E-state index in [-0.39, 0.29) is 18.6 Å². The van der Waals surface area contributed by atoms with Crippen LogP contribution in [0.3, 0.4) is 0 Å². The van der Waals surface area contributed by atoms with Crippen LogP contribution in [0.5, 0.6) is 0 Å². The van der Waals surface area contributed by atoms with Gasteiger partial charge in [0.2, 0.25) is 5.91 Å². The van der Waals surface area contributed by atoms with Gasteiger partial charge in [0.1, 0.15) is 0 Å². The zero-order valence-corrected chi connectivity index (χ0v) is 15.6. The van der Waals surface area contributed by atoms with Crippen LogP contribution in [0.1, 0.15) is 6.92 Å². The fraction of sp³-hybridized carbons (Fsp3) is 0.632. The lowest BCUT2D eigenvalue weighted by atomic mass is 10.2. The van der Waals surface area contributed by atoms with Gasteiger partial charge in [-0.25, -0.2) is 0 Å². The molecule has 0 aliphatic carbocycles. The maximum atomic E-state index is 12.3. The zero-order valence-electron chi connectivity index (χ0n) is 15.6. The number of benzene rings is 1. The fourth-order valence-corrected chi connectivity index (χ4v) is 3.46. The van der Waals surface area contributed by atoms with Gasteiger partial charge in [0, 0.05) is 56.7 Å². The van der Waals surface area contributed by atoms with E-state index < -0.39 is 0 Å². The number of nitrogens with one attached hydrogen (secondary N) is 1. The van der Waals surface area contributed by atoms with E-state index in [1.807, 2.05) is 19.1 Å². The zero-order chi connectivity index (χ0) is 18.4.